The van der Waals surface area contributed by atoms with Crippen LogP contribution in [-0.2, 0) is 0 Å². The Morgan fingerprint density at radius 3 is 2.60 bits per heavy atom. The number of carbonyl (C=O) groups excluding carboxylic acids is 1. The highest BCUT2D eigenvalue weighted by Crippen LogP contribution is 2.36. The molecule has 4 nitrogen and oxygen atoms in total. The Morgan fingerprint density at radius 1 is 1.45 bits per heavy atom. The lowest BCUT2D eigenvalue weighted by Gasteiger charge is -2.30. The van der Waals surface area contributed by atoms with E-state index in [4.69, 9.17) is 0 Å². The van der Waals surface area contributed by atoms with E-state index >= 15 is 0 Å². The summed E-state index contributed by atoms with van der Waals surface area (Å²) >= 11 is 0. The molecule has 1 fully saturated rings. The fourth-order valence-electron chi connectivity index (χ4n) is 2.15. The molecule has 0 aromatic carbocycles. The van der Waals surface area contributed by atoms with Crippen molar-refractivity contribution in [1.82, 2.24) is 9.88 Å². The molecule has 1 atom stereocenters. The van der Waals surface area contributed by atoms with Gasteiger partial charge < -0.3 is 9.88 Å². The first kappa shape index (κ1) is 14.6. The molecule has 0 bridgehead atoms. The van der Waals surface area contributed by atoms with E-state index in [2.05, 4.69) is 4.98 Å². The third-order valence-corrected chi connectivity index (χ3v) is 3.41. The van der Waals surface area contributed by atoms with Crippen LogP contribution in [0.5, 0.6) is 0 Å². The third kappa shape index (κ3) is 3.61. The molecule has 110 valence electrons. The predicted molar refractivity (Wildman–Crippen MR) is 66.3 cm³/mol. The maximum absolute atomic E-state index is 12.6. The number of rotatable bonds is 4. The monoisotopic (exact) mass is 288 g/mol. The molecule has 1 aromatic heterocycles. The van der Waals surface area contributed by atoms with Crippen molar-refractivity contribution in [2.45, 2.75) is 32.0 Å². The first-order valence-corrected chi connectivity index (χ1v) is 6.35. The van der Waals surface area contributed by atoms with Gasteiger partial charge in [0.15, 0.2) is 0 Å². The average molecular weight is 288 g/mol. The van der Waals surface area contributed by atoms with Gasteiger partial charge in [0.25, 0.3) is 5.91 Å². The fourth-order valence-corrected chi connectivity index (χ4v) is 2.15. The second kappa shape index (κ2) is 5.30. The van der Waals surface area contributed by atoms with E-state index in [1.807, 2.05) is 0 Å². The highest BCUT2D eigenvalue weighted by Gasteiger charge is 2.40. The Hall–Kier alpha value is -1.79. The standard InChI is InChI=1S/C13H15F3N2O2/c1-8(9-5-6-9)18(7-13(14,15)16)12(20)10-3-2-4-11(19)17-10/h2-4,8-9H,5-7H2,1H3,(H,17,19). The molecule has 0 spiro atoms. The van der Waals surface area contributed by atoms with Crippen molar-refractivity contribution >= 4 is 5.91 Å². The van der Waals surface area contributed by atoms with Gasteiger partial charge in [0, 0.05) is 12.1 Å². The molecule has 1 unspecified atom stereocenters. The summed E-state index contributed by atoms with van der Waals surface area (Å²) in [5.41, 5.74) is -0.629. The van der Waals surface area contributed by atoms with Crippen LogP contribution in [0.1, 0.15) is 30.3 Å². The molecule has 2 rings (SSSR count). The Morgan fingerprint density at radius 2 is 2.10 bits per heavy atom. The molecular formula is C13H15F3N2O2. The molecule has 1 heterocycles. The van der Waals surface area contributed by atoms with Crippen molar-refractivity contribution in [3.8, 4) is 0 Å². The minimum Gasteiger partial charge on any atom is -0.325 e. The summed E-state index contributed by atoms with van der Waals surface area (Å²) in [6, 6.07) is 3.37. The Balaban J connectivity index is 2.25. The van der Waals surface area contributed by atoms with Crippen molar-refractivity contribution in [2.24, 2.45) is 5.92 Å². The maximum Gasteiger partial charge on any atom is 0.406 e. The molecule has 1 N–H and O–H groups in total. The van der Waals surface area contributed by atoms with Crippen LogP contribution in [0, 0.1) is 5.92 Å². The summed E-state index contributed by atoms with van der Waals surface area (Å²) in [6.45, 7) is 0.308. The molecule has 1 saturated carbocycles. The van der Waals surface area contributed by atoms with Gasteiger partial charge in [-0.3, -0.25) is 9.59 Å². The molecule has 1 amide bonds. The van der Waals surface area contributed by atoms with Gasteiger partial charge in [0.1, 0.15) is 12.2 Å². The molecule has 0 radical (unpaired) electrons. The Kier molecular flexibility index (Phi) is 3.87. The van der Waals surface area contributed by atoms with Crippen LogP contribution < -0.4 is 5.56 Å². The number of halogens is 3. The second-order valence-corrected chi connectivity index (χ2v) is 5.05. The zero-order valence-electron chi connectivity index (χ0n) is 10.9. The van der Waals surface area contributed by atoms with Crippen LogP contribution in [0.25, 0.3) is 0 Å². The molecule has 1 aliphatic carbocycles. The average Bonchev–Trinajstić information content (AvgIpc) is 3.17. The van der Waals surface area contributed by atoms with E-state index in [1.54, 1.807) is 6.92 Å². The number of carbonyl (C=O) groups is 1. The number of alkyl halides is 3. The highest BCUT2D eigenvalue weighted by molar-refractivity contribution is 5.92. The third-order valence-electron chi connectivity index (χ3n) is 3.41. The molecule has 1 aromatic rings. The van der Waals surface area contributed by atoms with E-state index in [0.717, 1.165) is 17.7 Å². The molecular weight excluding hydrogens is 273 g/mol. The molecule has 7 heteroatoms. The normalized spacial score (nSPS) is 16.8. The van der Waals surface area contributed by atoms with Crippen LogP contribution in [0.15, 0.2) is 23.0 Å². The Bertz CT molecular complexity index is 549. The van der Waals surface area contributed by atoms with Crippen molar-refractivity contribution in [3.63, 3.8) is 0 Å². The van der Waals surface area contributed by atoms with E-state index in [-0.39, 0.29) is 11.6 Å². The van der Waals surface area contributed by atoms with Crippen LogP contribution in [-0.4, -0.2) is 34.6 Å². The quantitative estimate of drug-likeness (QED) is 0.923. The summed E-state index contributed by atoms with van der Waals surface area (Å²) in [7, 11) is 0. The number of nitrogens with one attached hydrogen (secondary N) is 1. The number of nitrogens with zero attached hydrogens (tertiary/aromatic N) is 1. The van der Waals surface area contributed by atoms with Crippen LogP contribution in [0.4, 0.5) is 13.2 Å². The largest absolute Gasteiger partial charge is 0.406 e. The molecule has 1 aliphatic rings. The maximum atomic E-state index is 12.6. The number of amides is 1. The van der Waals surface area contributed by atoms with E-state index in [1.165, 1.54) is 18.2 Å². The molecule has 0 aliphatic heterocycles. The summed E-state index contributed by atoms with van der Waals surface area (Å²) in [5.74, 6) is -0.684. The second-order valence-electron chi connectivity index (χ2n) is 5.05. The van der Waals surface area contributed by atoms with Crippen molar-refractivity contribution in [1.29, 1.82) is 0 Å². The number of H-pyrrole nitrogens is 1. The van der Waals surface area contributed by atoms with Crippen molar-refractivity contribution < 1.29 is 18.0 Å². The number of aromatic nitrogens is 1. The lowest BCUT2D eigenvalue weighted by atomic mass is 10.1. The first-order valence-electron chi connectivity index (χ1n) is 6.35. The zero-order valence-corrected chi connectivity index (χ0v) is 10.9. The van der Waals surface area contributed by atoms with Gasteiger partial charge in [-0.15, -0.1) is 0 Å². The van der Waals surface area contributed by atoms with Crippen LogP contribution in [0.3, 0.4) is 0 Å². The number of hydrogen-bond acceptors (Lipinski definition) is 2. The van der Waals surface area contributed by atoms with Gasteiger partial charge in [-0.1, -0.05) is 6.07 Å². The SMILES string of the molecule is CC(C1CC1)N(CC(F)(F)F)C(=O)c1cccc(=O)[nH]1. The summed E-state index contributed by atoms with van der Waals surface area (Å²) in [4.78, 5) is 26.4. The van der Waals surface area contributed by atoms with E-state index in [0.29, 0.717) is 0 Å². The minimum atomic E-state index is -4.46. The molecule has 20 heavy (non-hydrogen) atoms. The van der Waals surface area contributed by atoms with E-state index in [9.17, 15) is 22.8 Å². The first-order chi connectivity index (χ1) is 9.28. The lowest BCUT2D eigenvalue weighted by Crippen LogP contribution is -2.46. The number of pyridine rings is 1. The van der Waals surface area contributed by atoms with Crippen molar-refractivity contribution in [2.75, 3.05) is 6.54 Å². The van der Waals surface area contributed by atoms with Gasteiger partial charge >= 0.3 is 6.18 Å². The van der Waals surface area contributed by atoms with Gasteiger partial charge in [0.05, 0.1) is 0 Å². The lowest BCUT2D eigenvalue weighted by molar-refractivity contribution is -0.144. The predicted octanol–water partition coefficient (Wildman–Crippen LogP) is 2.18. The van der Waals surface area contributed by atoms with Gasteiger partial charge in [-0.2, -0.15) is 13.2 Å². The number of hydrogen-bond donors (Lipinski definition) is 1. The van der Waals surface area contributed by atoms with Crippen LogP contribution >= 0.6 is 0 Å². The molecule has 0 saturated heterocycles. The zero-order chi connectivity index (χ0) is 14.9. The topological polar surface area (TPSA) is 53.2 Å². The van der Waals surface area contributed by atoms with Gasteiger partial charge in [0.2, 0.25) is 5.56 Å². The summed E-state index contributed by atoms with van der Waals surface area (Å²) < 4.78 is 37.9. The highest BCUT2D eigenvalue weighted by atomic mass is 19.4. The van der Waals surface area contributed by atoms with E-state index < -0.39 is 30.2 Å². The summed E-state index contributed by atoms with van der Waals surface area (Å²) in [5, 5.41) is 0. The number of aromatic amines is 1. The Labute approximate surface area is 113 Å². The summed E-state index contributed by atoms with van der Waals surface area (Å²) in [6.07, 6.45) is -2.81. The smallest absolute Gasteiger partial charge is 0.325 e. The van der Waals surface area contributed by atoms with Crippen LogP contribution in [0.2, 0.25) is 0 Å². The van der Waals surface area contributed by atoms with Crippen molar-refractivity contribution in [3.05, 3.63) is 34.2 Å². The fraction of sp³-hybridized carbons (Fsp3) is 0.538. The van der Waals surface area contributed by atoms with Gasteiger partial charge in [-0.25, -0.2) is 0 Å². The van der Waals surface area contributed by atoms with Gasteiger partial charge in [-0.05, 0) is 31.7 Å². The minimum absolute atomic E-state index is 0.108.